The van der Waals surface area contributed by atoms with Crippen LogP contribution in [0.4, 0.5) is 5.69 Å². The van der Waals surface area contributed by atoms with E-state index < -0.39 is 16.0 Å². The Bertz CT molecular complexity index is 769. The summed E-state index contributed by atoms with van der Waals surface area (Å²) in [6, 6.07) is 8.13. The third-order valence-electron chi connectivity index (χ3n) is 3.11. The van der Waals surface area contributed by atoms with Crippen LogP contribution in [0, 0.1) is 0 Å². The van der Waals surface area contributed by atoms with Crippen molar-refractivity contribution in [2.75, 3.05) is 17.7 Å². The van der Waals surface area contributed by atoms with Gasteiger partial charge in [0.25, 0.3) is 10.0 Å². The molecule has 2 rings (SSSR count). The number of sulfonamides is 1. The van der Waals surface area contributed by atoms with Crippen LogP contribution in [0.3, 0.4) is 0 Å². The van der Waals surface area contributed by atoms with Crippen molar-refractivity contribution in [2.24, 2.45) is 0 Å². The quantitative estimate of drug-likeness (QED) is 0.595. The van der Waals surface area contributed by atoms with E-state index in [1.807, 2.05) is 0 Å². The van der Waals surface area contributed by atoms with E-state index in [2.05, 4.69) is 9.46 Å². The van der Waals surface area contributed by atoms with Gasteiger partial charge in [0, 0.05) is 5.88 Å². The van der Waals surface area contributed by atoms with Gasteiger partial charge in [-0.1, -0.05) is 12.1 Å². The molecule has 0 unspecified atom stereocenters. The summed E-state index contributed by atoms with van der Waals surface area (Å²) >= 11 is 6.76. The zero-order chi connectivity index (χ0) is 16.9. The molecule has 8 heteroatoms. The molecular weight excluding hydrogens is 358 g/mol. The summed E-state index contributed by atoms with van der Waals surface area (Å²) in [5.74, 6) is -0.00934. The number of ether oxygens (including phenoxy) is 1. The molecule has 0 aliphatic rings. The van der Waals surface area contributed by atoms with E-state index in [0.717, 1.165) is 29.7 Å². The maximum absolute atomic E-state index is 12.4. The van der Waals surface area contributed by atoms with Crippen LogP contribution in [-0.2, 0) is 21.2 Å². The number of hydrogen-bond donors (Lipinski definition) is 1. The summed E-state index contributed by atoms with van der Waals surface area (Å²) in [5.41, 5.74) is 1.24. The number of hydrogen-bond acceptors (Lipinski definition) is 5. The summed E-state index contributed by atoms with van der Waals surface area (Å²) in [6.45, 7) is 0. The highest BCUT2D eigenvalue weighted by Gasteiger charge is 2.20. The minimum absolute atomic E-state index is 0.133. The molecule has 0 saturated heterocycles. The summed E-state index contributed by atoms with van der Waals surface area (Å²) in [7, 11) is -2.51. The lowest BCUT2D eigenvalue weighted by atomic mass is 10.1. The lowest BCUT2D eigenvalue weighted by Gasteiger charge is -2.09. The second-order valence-electron chi connectivity index (χ2n) is 4.70. The molecule has 1 aromatic carbocycles. The van der Waals surface area contributed by atoms with Crippen LogP contribution in [0.1, 0.15) is 21.7 Å². The van der Waals surface area contributed by atoms with Gasteiger partial charge in [0.05, 0.1) is 17.7 Å². The van der Waals surface area contributed by atoms with Crippen LogP contribution in [0.5, 0.6) is 0 Å². The highest BCUT2D eigenvalue weighted by molar-refractivity contribution is 7.92. The first-order valence-corrected chi connectivity index (χ1v) is 9.71. The number of rotatable bonds is 7. The molecule has 0 spiro atoms. The van der Waals surface area contributed by atoms with E-state index in [1.54, 1.807) is 17.5 Å². The molecule has 0 radical (unpaired) electrons. The normalized spacial score (nSPS) is 11.2. The number of nitrogens with one attached hydrogen (secondary N) is 1. The van der Waals surface area contributed by atoms with Crippen LogP contribution in [0.2, 0.25) is 0 Å². The Morgan fingerprint density at radius 2 is 1.96 bits per heavy atom. The molecule has 0 saturated carbocycles. The smallest absolute Gasteiger partial charge is 0.350 e. The number of carbonyl (C=O) groups is 1. The molecule has 0 bridgehead atoms. The van der Waals surface area contributed by atoms with Gasteiger partial charge in [0.15, 0.2) is 0 Å². The number of alkyl halides is 1. The van der Waals surface area contributed by atoms with E-state index in [4.69, 9.17) is 11.6 Å². The SMILES string of the molecule is COC(=O)c1sccc1NS(=O)(=O)c1ccc(CCCCl)cc1. The van der Waals surface area contributed by atoms with Gasteiger partial charge in [-0.3, -0.25) is 4.72 Å². The minimum atomic E-state index is -3.76. The van der Waals surface area contributed by atoms with Crippen LogP contribution in [-0.4, -0.2) is 27.4 Å². The van der Waals surface area contributed by atoms with Crippen molar-refractivity contribution in [3.63, 3.8) is 0 Å². The van der Waals surface area contributed by atoms with Gasteiger partial charge in [0.2, 0.25) is 0 Å². The first-order valence-electron chi connectivity index (χ1n) is 6.81. The van der Waals surface area contributed by atoms with Crippen molar-refractivity contribution in [1.29, 1.82) is 0 Å². The molecule has 1 aromatic heterocycles. The third kappa shape index (κ3) is 4.46. The molecule has 124 valence electrons. The highest BCUT2D eigenvalue weighted by atomic mass is 35.5. The first kappa shape index (κ1) is 17.8. The Kier molecular flexibility index (Phi) is 6.04. The molecule has 0 aliphatic carbocycles. The predicted octanol–water partition coefficient (Wildman–Crippen LogP) is 3.51. The lowest BCUT2D eigenvalue weighted by molar-refractivity contribution is 0.0607. The van der Waals surface area contributed by atoms with Gasteiger partial charge in [0.1, 0.15) is 4.88 Å². The van der Waals surface area contributed by atoms with Crippen molar-refractivity contribution >= 4 is 44.6 Å². The molecular formula is C15H16ClNO4S2. The maximum atomic E-state index is 12.4. The Morgan fingerprint density at radius 1 is 1.26 bits per heavy atom. The second-order valence-corrected chi connectivity index (χ2v) is 7.67. The number of thiophene rings is 1. The Labute approximate surface area is 144 Å². The molecule has 23 heavy (non-hydrogen) atoms. The van der Waals surface area contributed by atoms with Gasteiger partial charge >= 0.3 is 5.97 Å². The van der Waals surface area contributed by atoms with E-state index in [0.29, 0.717) is 5.88 Å². The van der Waals surface area contributed by atoms with Gasteiger partial charge in [-0.2, -0.15) is 0 Å². The number of carbonyl (C=O) groups excluding carboxylic acids is 1. The van der Waals surface area contributed by atoms with Crippen molar-refractivity contribution < 1.29 is 17.9 Å². The molecule has 2 aromatic rings. The molecule has 1 N–H and O–H groups in total. The van der Waals surface area contributed by atoms with Crippen molar-refractivity contribution in [2.45, 2.75) is 17.7 Å². The number of halogens is 1. The van der Waals surface area contributed by atoms with Crippen LogP contribution >= 0.6 is 22.9 Å². The summed E-state index contributed by atoms with van der Waals surface area (Å²) < 4.78 is 31.9. The maximum Gasteiger partial charge on any atom is 0.350 e. The zero-order valence-electron chi connectivity index (χ0n) is 12.4. The fraction of sp³-hybridized carbons (Fsp3) is 0.267. The van der Waals surface area contributed by atoms with Crippen LogP contribution in [0.25, 0.3) is 0 Å². The molecule has 0 aliphatic heterocycles. The zero-order valence-corrected chi connectivity index (χ0v) is 14.8. The number of anilines is 1. The predicted molar refractivity (Wildman–Crippen MR) is 92.0 cm³/mol. The van der Waals surface area contributed by atoms with Crippen LogP contribution < -0.4 is 4.72 Å². The third-order valence-corrected chi connectivity index (χ3v) is 5.66. The fourth-order valence-corrected chi connectivity index (χ4v) is 3.99. The Hall–Kier alpha value is -1.57. The monoisotopic (exact) mass is 373 g/mol. The standard InChI is InChI=1S/C15H16ClNO4S2/c1-21-15(18)14-13(8-10-22-14)17-23(19,20)12-6-4-11(5-7-12)3-2-9-16/h4-8,10,17H,2-3,9H2,1H3. The summed E-state index contributed by atoms with van der Waals surface area (Å²) in [4.78, 5) is 12.0. The van der Waals surface area contributed by atoms with Crippen molar-refractivity contribution in [3.8, 4) is 0 Å². The lowest BCUT2D eigenvalue weighted by Crippen LogP contribution is -2.14. The van der Waals surface area contributed by atoms with Crippen LogP contribution in [0.15, 0.2) is 40.6 Å². The number of benzene rings is 1. The number of methoxy groups -OCH3 is 1. The van der Waals surface area contributed by atoms with E-state index >= 15 is 0 Å². The van der Waals surface area contributed by atoms with E-state index in [1.165, 1.54) is 25.3 Å². The highest BCUT2D eigenvalue weighted by Crippen LogP contribution is 2.26. The number of aryl methyl sites for hydroxylation is 1. The minimum Gasteiger partial charge on any atom is -0.465 e. The summed E-state index contributed by atoms with van der Waals surface area (Å²) in [5, 5.41) is 1.62. The topological polar surface area (TPSA) is 72.5 Å². The van der Waals surface area contributed by atoms with Crippen molar-refractivity contribution in [3.05, 3.63) is 46.2 Å². The van der Waals surface area contributed by atoms with E-state index in [9.17, 15) is 13.2 Å². The Balaban J connectivity index is 2.19. The summed E-state index contributed by atoms with van der Waals surface area (Å²) in [6.07, 6.45) is 1.64. The first-order chi connectivity index (χ1) is 11.0. The van der Waals surface area contributed by atoms with Gasteiger partial charge in [-0.05, 0) is 42.0 Å². The number of esters is 1. The fourth-order valence-electron chi connectivity index (χ4n) is 1.95. The molecule has 5 nitrogen and oxygen atoms in total. The largest absolute Gasteiger partial charge is 0.465 e. The average Bonchev–Trinajstić information content (AvgIpc) is 3.00. The van der Waals surface area contributed by atoms with Crippen molar-refractivity contribution in [1.82, 2.24) is 0 Å². The molecule has 1 heterocycles. The van der Waals surface area contributed by atoms with Gasteiger partial charge < -0.3 is 4.74 Å². The average molecular weight is 374 g/mol. The van der Waals surface area contributed by atoms with Gasteiger partial charge in [-0.25, -0.2) is 13.2 Å². The Morgan fingerprint density at radius 3 is 2.57 bits per heavy atom. The molecule has 0 fully saturated rings. The second kappa shape index (κ2) is 7.81. The molecule has 0 amide bonds. The van der Waals surface area contributed by atoms with E-state index in [-0.39, 0.29) is 15.5 Å². The van der Waals surface area contributed by atoms with Gasteiger partial charge in [-0.15, -0.1) is 22.9 Å². The molecule has 0 atom stereocenters.